The molecule has 2 fully saturated rings. The summed E-state index contributed by atoms with van der Waals surface area (Å²) in [5.74, 6) is -2.31. The first-order valence-electron chi connectivity index (χ1n) is 8.82. The van der Waals surface area contributed by atoms with Crippen molar-refractivity contribution in [3.05, 3.63) is 48.0 Å². The second-order valence-corrected chi connectivity index (χ2v) is 7.28. The maximum atomic E-state index is 13.1. The number of benzene rings is 1. The van der Waals surface area contributed by atoms with Crippen LogP contribution in [0.3, 0.4) is 0 Å². The molecule has 5 nitrogen and oxygen atoms in total. The van der Waals surface area contributed by atoms with Gasteiger partial charge in [-0.1, -0.05) is 36.4 Å². The number of carbonyl (C=O) groups excluding carboxylic acids is 3. The molecule has 4 rings (SSSR count). The van der Waals surface area contributed by atoms with Gasteiger partial charge >= 0.3 is 0 Å². The molecule has 1 aromatic rings. The number of likely N-dealkylation sites (tertiary alicyclic amines) is 1. The Balaban J connectivity index is 1.69. The number of hydrogen-bond donors (Lipinski definition) is 1. The van der Waals surface area contributed by atoms with Crippen LogP contribution >= 0.6 is 0 Å². The van der Waals surface area contributed by atoms with Crippen LogP contribution in [-0.4, -0.2) is 33.7 Å². The van der Waals surface area contributed by atoms with E-state index in [2.05, 4.69) is 0 Å². The van der Waals surface area contributed by atoms with Crippen LogP contribution in [0.2, 0.25) is 0 Å². The molecule has 130 valence electrons. The number of ketones is 1. The lowest BCUT2D eigenvalue weighted by molar-refractivity contribution is -0.143. The van der Waals surface area contributed by atoms with Gasteiger partial charge in [0.1, 0.15) is 0 Å². The molecule has 0 spiro atoms. The Morgan fingerprint density at radius 1 is 1.04 bits per heavy atom. The van der Waals surface area contributed by atoms with Crippen molar-refractivity contribution in [1.82, 2.24) is 4.90 Å². The van der Waals surface area contributed by atoms with Gasteiger partial charge in [0.2, 0.25) is 11.8 Å². The highest BCUT2D eigenvalue weighted by Crippen LogP contribution is 2.49. The van der Waals surface area contributed by atoms with Crippen LogP contribution in [0.4, 0.5) is 0 Å². The number of rotatable bonds is 2. The zero-order valence-electron chi connectivity index (χ0n) is 14.0. The van der Waals surface area contributed by atoms with Crippen LogP contribution < -0.4 is 0 Å². The van der Waals surface area contributed by atoms with Crippen molar-refractivity contribution < 1.29 is 19.5 Å². The molecule has 5 heteroatoms. The fourth-order valence-electron chi connectivity index (χ4n) is 4.80. The van der Waals surface area contributed by atoms with E-state index in [4.69, 9.17) is 0 Å². The van der Waals surface area contributed by atoms with Gasteiger partial charge in [0.25, 0.3) is 0 Å². The Hall–Kier alpha value is -2.27. The van der Waals surface area contributed by atoms with Crippen molar-refractivity contribution in [1.29, 1.82) is 0 Å². The van der Waals surface area contributed by atoms with Gasteiger partial charge in [-0.3, -0.25) is 19.3 Å². The maximum Gasteiger partial charge on any atom is 0.234 e. The fourth-order valence-corrected chi connectivity index (χ4v) is 4.80. The number of aliphatic hydroxyl groups excluding tert-OH is 1. The number of carbonyl (C=O) groups is 3. The second kappa shape index (κ2) is 5.92. The molecule has 1 saturated heterocycles. The third kappa shape index (κ3) is 2.37. The number of nitrogens with zero attached hydrogens (tertiary/aromatic N) is 1. The minimum absolute atomic E-state index is 0.0384. The van der Waals surface area contributed by atoms with Crippen LogP contribution in [-0.2, 0) is 14.4 Å². The summed E-state index contributed by atoms with van der Waals surface area (Å²) >= 11 is 0. The standard InChI is InChI=1S/C20H21NO4/c1-11(12-5-3-2-4-6-12)21-19(24)14-8-7-13-15(22)9-10-16(23)17(13)18(14)20(21)25/h2-6,9-11,13-14,16-18,23H,7-8H2,1H3/t11?,13-,14+,16+,17+,18+/m0/s1. The SMILES string of the molecule is CC(c1ccccc1)N1C(=O)[C@H]2[C@H]3[C@H](O)C=CC(=O)[C@@H]3CC[C@H]2C1=O. The highest BCUT2D eigenvalue weighted by Gasteiger charge is 2.58. The van der Waals surface area contributed by atoms with Crippen molar-refractivity contribution in [2.45, 2.75) is 31.9 Å². The maximum absolute atomic E-state index is 13.1. The lowest BCUT2D eigenvalue weighted by atomic mass is 9.62. The van der Waals surface area contributed by atoms with Crippen LogP contribution in [0.5, 0.6) is 0 Å². The number of hydrogen-bond acceptors (Lipinski definition) is 4. The molecule has 1 aliphatic heterocycles. The van der Waals surface area contributed by atoms with Crippen LogP contribution in [0, 0.1) is 23.7 Å². The molecule has 2 amide bonds. The summed E-state index contributed by atoms with van der Waals surface area (Å²) in [7, 11) is 0. The normalized spacial score (nSPS) is 35.5. The Kier molecular flexibility index (Phi) is 3.84. The highest BCUT2D eigenvalue weighted by atomic mass is 16.3. The predicted molar refractivity (Wildman–Crippen MR) is 90.1 cm³/mol. The third-order valence-corrected chi connectivity index (χ3v) is 6.07. The Morgan fingerprint density at radius 3 is 2.44 bits per heavy atom. The van der Waals surface area contributed by atoms with E-state index >= 15 is 0 Å². The van der Waals surface area contributed by atoms with E-state index in [0.29, 0.717) is 12.8 Å². The fraction of sp³-hybridized carbons (Fsp3) is 0.450. The van der Waals surface area contributed by atoms with E-state index in [0.717, 1.165) is 5.56 Å². The zero-order valence-corrected chi connectivity index (χ0v) is 14.0. The van der Waals surface area contributed by atoms with Crippen LogP contribution in [0.1, 0.15) is 31.4 Å². The summed E-state index contributed by atoms with van der Waals surface area (Å²) in [4.78, 5) is 39.6. The van der Waals surface area contributed by atoms with E-state index in [1.165, 1.54) is 17.1 Å². The molecular formula is C20H21NO4. The first kappa shape index (κ1) is 16.2. The van der Waals surface area contributed by atoms with Gasteiger partial charge in [0.05, 0.1) is 24.0 Å². The molecule has 0 radical (unpaired) electrons. The van der Waals surface area contributed by atoms with Gasteiger partial charge in [-0.15, -0.1) is 0 Å². The van der Waals surface area contributed by atoms with Crippen molar-refractivity contribution in [3.63, 3.8) is 0 Å². The number of fused-ring (bicyclic) bond motifs is 3. The summed E-state index contributed by atoms with van der Waals surface area (Å²) in [6.07, 6.45) is 3.11. The van der Waals surface area contributed by atoms with Gasteiger partial charge < -0.3 is 5.11 Å². The van der Waals surface area contributed by atoms with E-state index in [1.807, 2.05) is 37.3 Å². The molecule has 3 aliphatic rings. The summed E-state index contributed by atoms with van der Waals surface area (Å²) in [5.41, 5.74) is 0.902. The Bertz CT molecular complexity index is 756. The summed E-state index contributed by atoms with van der Waals surface area (Å²) in [5, 5.41) is 10.4. The highest BCUT2D eigenvalue weighted by molar-refractivity contribution is 6.06. The summed E-state index contributed by atoms with van der Waals surface area (Å²) < 4.78 is 0. The first-order chi connectivity index (χ1) is 12.0. The third-order valence-electron chi connectivity index (χ3n) is 6.07. The average molecular weight is 339 g/mol. The molecule has 1 unspecified atom stereocenters. The average Bonchev–Trinajstić information content (AvgIpc) is 2.89. The largest absolute Gasteiger partial charge is 0.389 e. The van der Waals surface area contributed by atoms with E-state index in [1.54, 1.807) is 0 Å². The van der Waals surface area contributed by atoms with Gasteiger partial charge in [-0.05, 0) is 31.4 Å². The second-order valence-electron chi connectivity index (χ2n) is 7.28. The van der Waals surface area contributed by atoms with Gasteiger partial charge in [-0.25, -0.2) is 0 Å². The Morgan fingerprint density at radius 2 is 1.72 bits per heavy atom. The molecule has 1 N–H and O–H groups in total. The van der Waals surface area contributed by atoms with Crippen LogP contribution in [0.25, 0.3) is 0 Å². The number of amides is 2. The van der Waals surface area contributed by atoms with E-state index < -0.39 is 23.9 Å². The van der Waals surface area contributed by atoms with Crippen molar-refractivity contribution in [2.24, 2.45) is 23.7 Å². The first-order valence-corrected chi connectivity index (χ1v) is 8.82. The van der Waals surface area contributed by atoms with E-state index in [-0.39, 0.29) is 29.6 Å². The number of imide groups is 1. The quantitative estimate of drug-likeness (QED) is 0.835. The molecule has 0 bridgehead atoms. The van der Waals surface area contributed by atoms with Crippen molar-refractivity contribution >= 4 is 17.6 Å². The lowest BCUT2D eigenvalue weighted by Gasteiger charge is -2.40. The summed E-state index contributed by atoms with van der Waals surface area (Å²) in [6, 6.07) is 9.11. The van der Waals surface area contributed by atoms with Crippen molar-refractivity contribution in [3.8, 4) is 0 Å². The molecule has 0 aromatic heterocycles. The number of allylic oxidation sites excluding steroid dienone is 1. The number of aliphatic hydroxyl groups is 1. The lowest BCUT2D eigenvalue weighted by Crippen LogP contribution is -2.47. The van der Waals surface area contributed by atoms with Gasteiger partial charge in [-0.2, -0.15) is 0 Å². The molecule has 25 heavy (non-hydrogen) atoms. The topological polar surface area (TPSA) is 74.7 Å². The van der Waals surface area contributed by atoms with E-state index in [9.17, 15) is 19.5 Å². The van der Waals surface area contributed by atoms with Gasteiger partial charge in [0, 0.05) is 11.8 Å². The zero-order chi connectivity index (χ0) is 17.7. The smallest absolute Gasteiger partial charge is 0.234 e. The predicted octanol–water partition coefficient (Wildman–Crippen LogP) is 1.87. The van der Waals surface area contributed by atoms with Crippen LogP contribution in [0.15, 0.2) is 42.5 Å². The molecule has 1 aromatic carbocycles. The molecule has 1 saturated carbocycles. The molecule has 6 atom stereocenters. The molecule has 2 aliphatic carbocycles. The minimum Gasteiger partial charge on any atom is -0.389 e. The van der Waals surface area contributed by atoms with Crippen molar-refractivity contribution in [2.75, 3.05) is 0 Å². The van der Waals surface area contributed by atoms with Gasteiger partial charge in [0.15, 0.2) is 5.78 Å². The molecular weight excluding hydrogens is 318 g/mol. The monoisotopic (exact) mass is 339 g/mol. The minimum atomic E-state index is -0.848. The Labute approximate surface area is 146 Å². The molecule has 1 heterocycles. The summed E-state index contributed by atoms with van der Waals surface area (Å²) in [6.45, 7) is 1.85.